The summed E-state index contributed by atoms with van der Waals surface area (Å²) in [7, 11) is 0. The first-order chi connectivity index (χ1) is 7.83. The maximum absolute atomic E-state index is 11.9. The first-order valence-corrected chi connectivity index (χ1v) is 5.90. The lowest BCUT2D eigenvalue weighted by atomic mass is 9.64. The van der Waals surface area contributed by atoms with Crippen molar-refractivity contribution in [2.45, 2.75) is 18.9 Å². The largest absolute Gasteiger partial charge is 0.348 e. The molecule has 84 valence electrons. The zero-order chi connectivity index (χ0) is 11.0. The number of β-lactam (4-membered cyclic amide) rings is 1. The molecule has 1 amide bonds. The van der Waals surface area contributed by atoms with Crippen LogP contribution in [0, 0.1) is 5.41 Å². The van der Waals surface area contributed by atoms with Gasteiger partial charge in [-0.25, -0.2) is 0 Å². The van der Waals surface area contributed by atoms with Crippen molar-refractivity contribution in [1.82, 2.24) is 10.6 Å². The van der Waals surface area contributed by atoms with Crippen LogP contribution in [-0.2, 0) is 4.79 Å². The predicted molar refractivity (Wildman–Crippen MR) is 61.9 cm³/mol. The molecule has 0 bridgehead atoms. The van der Waals surface area contributed by atoms with Crippen LogP contribution in [0.25, 0.3) is 0 Å². The lowest BCUT2D eigenvalue weighted by Crippen LogP contribution is -2.64. The Kier molecular flexibility index (Phi) is 2.21. The zero-order valence-electron chi connectivity index (χ0n) is 9.20. The van der Waals surface area contributed by atoms with Gasteiger partial charge >= 0.3 is 0 Å². The number of hydrogen-bond donors (Lipinski definition) is 2. The Balaban J connectivity index is 1.90. The molecule has 3 nitrogen and oxygen atoms in total. The second-order valence-corrected chi connectivity index (χ2v) is 4.72. The maximum Gasteiger partial charge on any atom is 0.229 e. The monoisotopic (exact) mass is 216 g/mol. The van der Waals surface area contributed by atoms with Crippen molar-refractivity contribution >= 4 is 5.91 Å². The van der Waals surface area contributed by atoms with Gasteiger partial charge in [0.05, 0.1) is 11.5 Å². The van der Waals surface area contributed by atoms with Crippen molar-refractivity contribution in [3.05, 3.63) is 35.9 Å². The highest BCUT2D eigenvalue weighted by Gasteiger charge is 2.55. The Labute approximate surface area is 95.2 Å². The van der Waals surface area contributed by atoms with Crippen LogP contribution in [0.4, 0.5) is 0 Å². The van der Waals surface area contributed by atoms with Gasteiger partial charge in [-0.15, -0.1) is 0 Å². The van der Waals surface area contributed by atoms with Crippen molar-refractivity contribution in [2.24, 2.45) is 5.41 Å². The summed E-state index contributed by atoms with van der Waals surface area (Å²) in [4.78, 5) is 11.9. The molecule has 16 heavy (non-hydrogen) atoms. The van der Waals surface area contributed by atoms with E-state index >= 15 is 0 Å². The molecule has 0 aromatic heterocycles. The Morgan fingerprint density at radius 3 is 2.44 bits per heavy atom. The van der Waals surface area contributed by atoms with Crippen LogP contribution in [0.1, 0.15) is 24.4 Å². The van der Waals surface area contributed by atoms with Crippen LogP contribution in [0.3, 0.4) is 0 Å². The molecule has 1 spiro atoms. The predicted octanol–water partition coefficient (Wildman–Crippen LogP) is 1.23. The lowest BCUT2D eigenvalue weighted by molar-refractivity contribution is -0.149. The minimum atomic E-state index is -0.132. The molecule has 2 aliphatic heterocycles. The Morgan fingerprint density at radius 2 is 1.81 bits per heavy atom. The van der Waals surface area contributed by atoms with E-state index in [1.54, 1.807) is 0 Å². The smallest absolute Gasteiger partial charge is 0.229 e. The van der Waals surface area contributed by atoms with E-state index in [1.165, 1.54) is 5.56 Å². The summed E-state index contributed by atoms with van der Waals surface area (Å²) in [6.45, 7) is 1.91. The summed E-state index contributed by atoms with van der Waals surface area (Å²) in [5, 5.41) is 6.37. The van der Waals surface area contributed by atoms with Crippen LogP contribution >= 0.6 is 0 Å². The van der Waals surface area contributed by atoms with E-state index in [1.807, 2.05) is 18.2 Å². The maximum atomic E-state index is 11.9. The Bertz CT molecular complexity index is 396. The van der Waals surface area contributed by atoms with Gasteiger partial charge in [0.15, 0.2) is 0 Å². The molecule has 1 atom stereocenters. The summed E-state index contributed by atoms with van der Waals surface area (Å²) in [6, 6.07) is 10.5. The number of rotatable bonds is 1. The summed E-state index contributed by atoms with van der Waals surface area (Å²) < 4.78 is 0. The molecule has 0 radical (unpaired) electrons. The van der Waals surface area contributed by atoms with Crippen molar-refractivity contribution in [2.75, 3.05) is 13.1 Å². The van der Waals surface area contributed by atoms with Gasteiger partial charge in [0.2, 0.25) is 5.91 Å². The quantitative estimate of drug-likeness (QED) is 0.693. The molecular formula is C13H16N2O. The highest BCUT2D eigenvalue weighted by molar-refractivity contribution is 5.90. The van der Waals surface area contributed by atoms with Gasteiger partial charge in [-0.1, -0.05) is 30.3 Å². The van der Waals surface area contributed by atoms with Crippen molar-refractivity contribution in [3.63, 3.8) is 0 Å². The van der Waals surface area contributed by atoms with Crippen LogP contribution in [0.2, 0.25) is 0 Å². The zero-order valence-corrected chi connectivity index (χ0v) is 9.20. The van der Waals surface area contributed by atoms with Crippen molar-refractivity contribution in [3.8, 4) is 0 Å². The number of nitrogens with one attached hydrogen (secondary N) is 2. The van der Waals surface area contributed by atoms with Crippen molar-refractivity contribution < 1.29 is 4.79 Å². The Hall–Kier alpha value is -1.35. The highest BCUT2D eigenvalue weighted by Crippen LogP contribution is 2.48. The van der Waals surface area contributed by atoms with Gasteiger partial charge in [0, 0.05) is 0 Å². The van der Waals surface area contributed by atoms with Gasteiger partial charge in [0.25, 0.3) is 0 Å². The first kappa shape index (κ1) is 9.85. The van der Waals surface area contributed by atoms with Gasteiger partial charge < -0.3 is 10.6 Å². The average Bonchev–Trinajstić information content (AvgIpc) is 2.38. The number of benzene rings is 1. The third kappa shape index (κ3) is 1.28. The van der Waals surface area contributed by atoms with E-state index in [9.17, 15) is 4.79 Å². The molecule has 2 fully saturated rings. The molecule has 2 heterocycles. The summed E-state index contributed by atoms with van der Waals surface area (Å²) in [6.07, 6.45) is 1.91. The number of piperidine rings is 1. The molecule has 2 N–H and O–H groups in total. The van der Waals surface area contributed by atoms with E-state index in [4.69, 9.17) is 0 Å². The molecule has 0 saturated carbocycles. The number of amides is 1. The standard InChI is InChI=1S/C13H16N2O/c16-12-13(6-8-14-9-7-13)11(15-12)10-4-2-1-3-5-10/h1-5,11,14H,6-9H2,(H,15,16). The molecule has 3 heteroatoms. The van der Waals surface area contributed by atoms with Gasteiger partial charge in [-0.3, -0.25) is 4.79 Å². The molecule has 1 aromatic carbocycles. The molecule has 0 aliphatic carbocycles. The van der Waals surface area contributed by atoms with E-state index in [0.29, 0.717) is 0 Å². The van der Waals surface area contributed by atoms with E-state index in [-0.39, 0.29) is 17.4 Å². The van der Waals surface area contributed by atoms with Crippen LogP contribution in [0.5, 0.6) is 0 Å². The Morgan fingerprint density at radius 1 is 1.12 bits per heavy atom. The third-order valence-corrected chi connectivity index (χ3v) is 3.91. The fourth-order valence-electron chi connectivity index (χ4n) is 2.90. The molecule has 2 aliphatic rings. The van der Waals surface area contributed by atoms with Crippen LogP contribution < -0.4 is 10.6 Å². The number of carbonyl (C=O) groups excluding carboxylic acids is 1. The fraction of sp³-hybridized carbons (Fsp3) is 0.462. The molecule has 3 rings (SSSR count). The normalized spacial score (nSPS) is 27.2. The van der Waals surface area contributed by atoms with Crippen LogP contribution in [0.15, 0.2) is 30.3 Å². The van der Waals surface area contributed by atoms with Gasteiger partial charge in [0.1, 0.15) is 0 Å². The fourth-order valence-corrected chi connectivity index (χ4v) is 2.90. The van der Waals surface area contributed by atoms with E-state index in [2.05, 4.69) is 22.8 Å². The molecule has 2 saturated heterocycles. The number of carbonyl (C=O) groups is 1. The number of hydrogen-bond acceptors (Lipinski definition) is 2. The second-order valence-electron chi connectivity index (χ2n) is 4.72. The lowest BCUT2D eigenvalue weighted by Gasteiger charge is -2.51. The minimum absolute atomic E-state index is 0.132. The third-order valence-electron chi connectivity index (χ3n) is 3.91. The van der Waals surface area contributed by atoms with Crippen LogP contribution in [-0.4, -0.2) is 19.0 Å². The average molecular weight is 216 g/mol. The summed E-state index contributed by atoms with van der Waals surface area (Å²) in [5.74, 6) is 0.239. The van der Waals surface area contributed by atoms with Crippen molar-refractivity contribution in [1.29, 1.82) is 0 Å². The SMILES string of the molecule is O=C1NC(c2ccccc2)C12CCNCC2. The first-order valence-electron chi connectivity index (χ1n) is 5.90. The molecular weight excluding hydrogens is 200 g/mol. The minimum Gasteiger partial charge on any atom is -0.348 e. The second kappa shape index (κ2) is 3.59. The summed E-state index contributed by atoms with van der Waals surface area (Å²) >= 11 is 0. The molecule has 1 unspecified atom stereocenters. The molecule has 1 aromatic rings. The highest BCUT2D eigenvalue weighted by atomic mass is 16.2. The topological polar surface area (TPSA) is 41.1 Å². The summed E-state index contributed by atoms with van der Waals surface area (Å²) in [5.41, 5.74) is 1.11. The van der Waals surface area contributed by atoms with E-state index in [0.717, 1.165) is 25.9 Å². The van der Waals surface area contributed by atoms with Gasteiger partial charge in [-0.2, -0.15) is 0 Å². The van der Waals surface area contributed by atoms with Gasteiger partial charge in [-0.05, 0) is 31.5 Å². The van der Waals surface area contributed by atoms with E-state index < -0.39 is 0 Å².